The molecule has 0 fully saturated rings. The van der Waals surface area contributed by atoms with E-state index in [9.17, 15) is 0 Å². The molecule has 0 spiro atoms. The van der Waals surface area contributed by atoms with E-state index >= 15 is 0 Å². The fourth-order valence-corrected chi connectivity index (χ4v) is 1.03. The molecule has 0 atom stereocenters. The molecule has 1 aliphatic rings. The molecule has 0 nitrogen and oxygen atoms in total. The first-order valence-corrected chi connectivity index (χ1v) is 5.15. The minimum absolute atomic E-state index is 0. The van der Waals surface area contributed by atoms with Gasteiger partial charge in [0.1, 0.15) is 0 Å². The second-order valence-electron chi connectivity index (χ2n) is 3.02. The van der Waals surface area contributed by atoms with E-state index in [4.69, 9.17) is 0 Å². The summed E-state index contributed by atoms with van der Waals surface area (Å²) >= 11 is 0. The summed E-state index contributed by atoms with van der Waals surface area (Å²) in [5.74, 6) is 0. The summed E-state index contributed by atoms with van der Waals surface area (Å²) in [6, 6.07) is 20.0. The van der Waals surface area contributed by atoms with Crippen LogP contribution in [0.3, 0.4) is 0 Å². The number of hydrogen-bond acceptors (Lipinski definition) is 0. The Balaban J connectivity index is 0.000000205. The fraction of sp³-hybridized carbons (Fsp3) is 0.0667. The van der Waals surface area contributed by atoms with E-state index in [1.165, 1.54) is 0 Å². The van der Waals surface area contributed by atoms with Gasteiger partial charge in [0.2, 0.25) is 0 Å². The molecular weight excluding hydrogens is 236 g/mol. The third-order valence-corrected chi connectivity index (χ3v) is 1.77. The zero-order valence-electron chi connectivity index (χ0n) is 9.14. The van der Waals surface area contributed by atoms with Crippen LogP contribution in [0.1, 0.15) is 6.42 Å². The van der Waals surface area contributed by atoms with Crippen molar-refractivity contribution in [3.63, 3.8) is 0 Å². The third kappa shape index (κ3) is 9.26. The molecule has 0 N–H and O–H groups in total. The second kappa shape index (κ2) is 11.8. The van der Waals surface area contributed by atoms with Gasteiger partial charge in [-0.05, 0) is 6.42 Å². The van der Waals surface area contributed by atoms with Gasteiger partial charge in [-0.1, -0.05) is 24.3 Å². The molecule has 2 aromatic rings. The van der Waals surface area contributed by atoms with Gasteiger partial charge in [-0.3, -0.25) is 0 Å². The van der Waals surface area contributed by atoms with Crippen molar-refractivity contribution < 1.29 is 17.1 Å². The van der Waals surface area contributed by atoms with Gasteiger partial charge in [-0.15, -0.1) is 0 Å². The van der Waals surface area contributed by atoms with Crippen LogP contribution in [-0.4, -0.2) is 0 Å². The standard InChI is InChI=1S/C5H6.2C5H5.Fe/c3*1-2-4-5-3-1;/h1-4H,5H2;2*1-5H;/q;-5;-1;. The molecule has 2 aromatic carbocycles. The smallest absolute Gasteiger partial charge is 0 e. The molecule has 0 bridgehead atoms. The monoisotopic (exact) mass is 252 g/mol. The largest absolute Gasteiger partial charge is 0.748 e. The van der Waals surface area contributed by atoms with Crippen LogP contribution in [0.25, 0.3) is 0 Å². The predicted octanol–water partition coefficient (Wildman–Crippen LogP) is 4.31. The Morgan fingerprint density at radius 3 is 1.31 bits per heavy atom. The molecule has 0 aromatic heterocycles. The van der Waals surface area contributed by atoms with Crippen LogP contribution >= 0.6 is 0 Å². The summed E-state index contributed by atoms with van der Waals surface area (Å²) in [6.45, 7) is 0. The van der Waals surface area contributed by atoms with Crippen molar-refractivity contribution in [2.24, 2.45) is 0 Å². The van der Waals surface area contributed by atoms with E-state index in [0.29, 0.717) is 0 Å². The molecule has 0 saturated carbocycles. The Kier molecular flexibility index (Phi) is 10.8. The van der Waals surface area contributed by atoms with Crippen LogP contribution in [0.4, 0.5) is 0 Å². The van der Waals surface area contributed by atoms with Crippen LogP contribution in [0.5, 0.6) is 0 Å². The van der Waals surface area contributed by atoms with Crippen LogP contribution in [0.2, 0.25) is 0 Å². The quantitative estimate of drug-likeness (QED) is 0.484. The first-order chi connectivity index (χ1) is 7.50. The topological polar surface area (TPSA) is 0 Å². The normalized spacial score (nSPS) is 10.5. The molecule has 0 heterocycles. The summed E-state index contributed by atoms with van der Waals surface area (Å²) in [5, 5.41) is 0. The van der Waals surface area contributed by atoms with Crippen molar-refractivity contribution in [1.29, 1.82) is 0 Å². The molecule has 0 aliphatic heterocycles. The van der Waals surface area contributed by atoms with E-state index < -0.39 is 0 Å². The molecule has 1 heteroatoms. The van der Waals surface area contributed by atoms with Crippen LogP contribution in [0.15, 0.2) is 85.0 Å². The van der Waals surface area contributed by atoms with Crippen LogP contribution < -0.4 is 0 Å². The number of hydrogen-bond donors (Lipinski definition) is 0. The molecule has 3 rings (SSSR count). The van der Waals surface area contributed by atoms with Gasteiger partial charge in [0.15, 0.2) is 0 Å². The number of allylic oxidation sites excluding steroid dienone is 4. The summed E-state index contributed by atoms with van der Waals surface area (Å²) in [6.07, 6.45) is 9.50. The van der Waals surface area contributed by atoms with Gasteiger partial charge >= 0.3 is 0 Å². The second-order valence-corrected chi connectivity index (χ2v) is 3.02. The molecule has 1 aliphatic carbocycles. The van der Waals surface area contributed by atoms with Crippen molar-refractivity contribution in [2.45, 2.75) is 6.42 Å². The van der Waals surface area contributed by atoms with E-state index in [0.717, 1.165) is 6.42 Å². The molecule has 16 heavy (non-hydrogen) atoms. The van der Waals surface area contributed by atoms with Crippen molar-refractivity contribution in [2.75, 3.05) is 0 Å². The maximum Gasteiger partial charge on any atom is 0 e. The average molecular weight is 252 g/mol. The van der Waals surface area contributed by atoms with E-state index in [1.54, 1.807) is 0 Å². The zero-order valence-corrected chi connectivity index (χ0v) is 10.2. The average Bonchev–Trinajstić information content (AvgIpc) is 3.09. The Hall–Kier alpha value is -1.30. The predicted molar refractivity (Wildman–Crippen MR) is 67.0 cm³/mol. The van der Waals surface area contributed by atoms with Crippen LogP contribution in [-0.2, 0) is 17.1 Å². The summed E-state index contributed by atoms with van der Waals surface area (Å²) < 4.78 is 0. The molecule has 0 saturated heterocycles. The van der Waals surface area contributed by atoms with Crippen molar-refractivity contribution in [1.82, 2.24) is 0 Å². The van der Waals surface area contributed by atoms with Gasteiger partial charge in [0, 0.05) is 17.1 Å². The summed E-state index contributed by atoms with van der Waals surface area (Å²) in [5.41, 5.74) is 0. The van der Waals surface area contributed by atoms with Crippen molar-refractivity contribution >= 4 is 0 Å². The summed E-state index contributed by atoms with van der Waals surface area (Å²) in [4.78, 5) is 0. The number of rotatable bonds is 0. The SMILES string of the molecule is C1=CCC=C1.[Fe].[cH-]1[cH-][cH-][cH-][cH-]1.c1cc[cH-]c1. The molecule has 0 amide bonds. The van der Waals surface area contributed by atoms with Crippen molar-refractivity contribution in [3.05, 3.63) is 85.0 Å². The van der Waals surface area contributed by atoms with Crippen LogP contribution in [0, 0.1) is 0 Å². The van der Waals surface area contributed by atoms with Gasteiger partial charge in [0.05, 0.1) is 0 Å². The molecule has 90 valence electrons. The first kappa shape index (κ1) is 14.7. The Bertz CT molecular complexity index is 268. The maximum atomic E-state index is 2.12. The van der Waals surface area contributed by atoms with Gasteiger partial charge in [-0.2, -0.15) is 18.2 Å². The third-order valence-electron chi connectivity index (χ3n) is 1.77. The Morgan fingerprint density at radius 2 is 1.12 bits per heavy atom. The van der Waals surface area contributed by atoms with E-state index in [1.807, 2.05) is 60.7 Å². The fourth-order valence-electron chi connectivity index (χ4n) is 1.03. The van der Waals surface area contributed by atoms with Gasteiger partial charge in [0.25, 0.3) is 0 Å². The summed E-state index contributed by atoms with van der Waals surface area (Å²) in [7, 11) is 0. The minimum Gasteiger partial charge on any atom is -0.748 e. The maximum absolute atomic E-state index is 2.12. The zero-order chi connectivity index (χ0) is 10.6. The Morgan fingerprint density at radius 1 is 0.688 bits per heavy atom. The van der Waals surface area contributed by atoms with Gasteiger partial charge in [-0.25, -0.2) is 12.1 Å². The van der Waals surface area contributed by atoms with Crippen molar-refractivity contribution in [3.8, 4) is 0 Å². The molecule has 0 radical (unpaired) electrons. The van der Waals surface area contributed by atoms with E-state index in [-0.39, 0.29) is 17.1 Å². The molecular formula is C15H16Fe-6. The van der Waals surface area contributed by atoms with E-state index in [2.05, 4.69) is 24.3 Å². The minimum atomic E-state index is 0. The van der Waals surface area contributed by atoms with Gasteiger partial charge < -0.3 is 30.3 Å². The Labute approximate surface area is 109 Å². The first-order valence-electron chi connectivity index (χ1n) is 5.15. The molecule has 0 unspecified atom stereocenters.